The van der Waals surface area contributed by atoms with E-state index in [0.717, 1.165) is 0 Å². The van der Waals surface area contributed by atoms with Gasteiger partial charge in [-0.2, -0.15) is 4.98 Å². The molecule has 0 spiro atoms. The van der Waals surface area contributed by atoms with Gasteiger partial charge in [0.25, 0.3) is 5.91 Å². The van der Waals surface area contributed by atoms with E-state index in [1.807, 2.05) is 6.92 Å². The van der Waals surface area contributed by atoms with Gasteiger partial charge in [-0.25, -0.2) is 0 Å². The number of ether oxygens (including phenoxy) is 1. The Labute approximate surface area is 122 Å². The molecule has 112 valence electrons. The number of rotatable bonds is 6. The molecule has 0 unspecified atom stereocenters. The number of nitrogens with two attached hydrogens (primary N) is 1. The SMILES string of the molecule is CCOc1cc(N)cc(C(=O)NCCc2nc(C)no2)c1. The summed E-state index contributed by atoms with van der Waals surface area (Å²) in [5.41, 5.74) is 6.70. The summed E-state index contributed by atoms with van der Waals surface area (Å²) in [5.74, 6) is 1.43. The molecule has 0 aliphatic rings. The largest absolute Gasteiger partial charge is 0.494 e. The van der Waals surface area contributed by atoms with Gasteiger partial charge in [-0.3, -0.25) is 4.79 Å². The molecule has 7 nitrogen and oxygen atoms in total. The molecule has 0 saturated carbocycles. The molecular formula is C14H18N4O3. The smallest absolute Gasteiger partial charge is 0.251 e. The second-order valence-electron chi connectivity index (χ2n) is 4.46. The van der Waals surface area contributed by atoms with E-state index in [1.165, 1.54) is 0 Å². The summed E-state index contributed by atoms with van der Waals surface area (Å²) in [6.45, 7) is 4.53. The van der Waals surface area contributed by atoms with Gasteiger partial charge in [0.2, 0.25) is 5.89 Å². The lowest BCUT2D eigenvalue weighted by Crippen LogP contribution is -2.25. The molecule has 0 bridgehead atoms. The van der Waals surface area contributed by atoms with Crippen molar-refractivity contribution in [3.8, 4) is 5.75 Å². The van der Waals surface area contributed by atoms with E-state index < -0.39 is 0 Å². The maximum atomic E-state index is 12.1. The minimum absolute atomic E-state index is 0.223. The number of hydrogen-bond donors (Lipinski definition) is 2. The summed E-state index contributed by atoms with van der Waals surface area (Å²) in [7, 11) is 0. The van der Waals surface area contributed by atoms with Crippen LogP contribution in [0.1, 0.15) is 29.0 Å². The Balaban J connectivity index is 1.93. The van der Waals surface area contributed by atoms with Gasteiger partial charge in [0.1, 0.15) is 5.75 Å². The molecule has 1 amide bonds. The quantitative estimate of drug-likeness (QED) is 0.778. The van der Waals surface area contributed by atoms with Crippen molar-refractivity contribution in [2.24, 2.45) is 0 Å². The highest BCUT2D eigenvalue weighted by Gasteiger charge is 2.09. The standard InChI is InChI=1S/C14H18N4O3/c1-3-20-12-7-10(6-11(15)8-12)14(19)16-5-4-13-17-9(2)18-21-13/h6-8H,3-5,15H2,1-2H3,(H,16,19). The van der Waals surface area contributed by atoms with Crippen LogP contribution in [0.25, 0.3) is 0 Å². The molecule has 1 heterocycles. The molecule has 2 aromatic rings. The molecule has 2 rings (SSSR count). The molecular weight excluding hydrogens is 272 g/mol. The zero-order valence-electron chi connectivity index (χ0n) is 12.0. The van der Waals surface area contributed by atoms with E-state index >= 15 is 0 Å². The van der Waals surface area contributed by atoms with Crippen LogP contribution in [-0.4, -0.2) is 29.2 Å². The van der Waals surface area contributed by atoms with Crippen molar-refractivity contribution in [3.63, 3.8) is 0 Å². The third kappa shape index (κ3) is 4.20. The summed E-state index contributed by atoms with van der Waals surface area (Å²) in [5, 5.41) is 6.46. The van der Waals surface area contributed by atoms with E-state index in [-0.39, 0.29) is 5.91 Å². The molecule has 21 heavy (non-hydrogen) atoms. The van der Waals surface area contributed by atoms with Crippen molar-refractivity contribution in [2.75, 3.05) is 18.9 Å². The number of aromatic nitrogens is 2. The lowest BCUT2D eigenvalue weighted by atomic mass is 10.1. The van der Waals surface area contributed by atoms with Crippen LogP contribution in [0.15, 0.2) is 22.7 Å². The summed E-state index contributed by atoms with van der Waals surface area (Å²) in [6.07, 6.45) is 0.479. The number of carbonyl (C=O) groups excluding carboxylic acids is 1. The van der Waals surface area contributed by atoms with Gasteiger partial charge in [-0.15, -0.1) is 0 Å². The number of nitrogens with zero attached hydrogens (tertiary/aromatic N) is 2. The summed E-state index contributed by atoms with van der Waals surface area (Å²) >= 11 is 0. The number of aryl methyl sites for hydroxylation is 1. The first-order valence-electron chi connectivity index (χ1n) is 6.69. The molecule has 3 N–H and O–H groups in total. The van der Waals surface area contributed by atoms with Crippen molar-refractivity contribution in [2.45, 2.75) is 20.3 Å². The van der Waals surface area contributed by atoms with Gasteiger partial charge in [0, 0.05) is 30.3 Å². The summed E-state index contributed by atoms with van der Waals surface area (Å²) in [6, 6.07) is 4.95. The molecule has 0 radical (unpaired) electrons. The number of carbonyl (C=O) groups is 1. The minimum atomic E-state index is -0.223. The Hall–Kier alpha value is -2.57. The minimum Gasteiger partial charge on any atom is -0.494 e. The number of nitrogens with one attached hydrogen (secondary N) is 1. The Morgan fingerprint density at radius 2 is 2.24 bits per heavy atom. The number of amides is 1. The maximum Gasteiger partial charge on any atom is 0.251 e. The summed E-state index contributed by atoms with van der Waals surface area (Å²) < 4.78 is 10.3. The van der Waals surface area contributed by atoms with Gasteiger partial charge in [0.15, 0.2) is 5.82 Å². The van der Waals surface area contributed by atoms with E-state index in [4.69, 9.17) is 15.0 Å². The van der Waals surface area contributed by atoms with Crippen LogP contribution >= 0.6 is 0 Å². The van der Waals surface area contributed by atoms with Crippen LogP contribution in [0.2, 0.25) is 0 Å². The molecule has 0 aliphatic carbocycles. The zero-order chi connectivity index (χ0) is 15.2. The van der Waals surface area contributed by atoms with Crippen molar-refractivity contribution >= 4 is 11.6 Å². The number of benzene rings is 1. The maximum absolute atomic E-state index is 12.1. The van der Waals surface area contributed by atoms with E-state index in [0.29, 0.717) is 48.3 Å². The molecule has 1 aromatic heterocycles. The highest BCUT2D eigenvalue weighted by Crippen LogP contribution is 2.18. The highest BCUT2D eigenvalue weighted by atomic mass is 16.5. The Kier molecular flexibility index (Phi) is 4.76. The van der Waals surface area contributed by atoms with Gasteiger partial charge in [-0.1, -0.05) is 5.16 Å². The highest BCUT2D eigenvalue weighted by molar-refractivity contribution is 5.95. The fraction of sp³-hybridized carbons (Fsp3) is 0.357. The normalized spacial score (nSPS) is 10.4. The first kappa shape index (κ1) is 14.8. The lowest BCUT2D eigenvalue weighted by molar-refractivity contribution is 0.0953. The number of nitrogen functional groups attached to an aromatic ring is 1. The van der Waals surface area contributed by atoms with Crippen molar-refractivity contribution in [3.05, 3.63) is 35.5 Å². The molecule has 0 aliphatic heterocycles. The van der Waals surface area contributed by atoms with Crippen LogP contribution in [0.3, 0.4) is 0 Å². The zero-order valence-corrected chi connectivity index (χ0v) is 12.0. The average molecular weight is 290 g/mol. The first-order chi connectivity index (χ1) is 10.1. The van der Waals surface area contributed by atoms with Gasteiger partial charge < -0.3 is 20.3 Å². The van der Waals surface area contributed by atoms with Crippen molar-refractivity contribution in [1.82, 2.24) is 15.5 Å². The van der Waals surface area contributed by atoms with E-state index in [9.17, 15) is 4.79 Å². The molecule has 1 aromatic carbocycles. The molecule has 0 fully saturated rings. The summed E-state index contributed by atoms with van der Waals surface area (Å²) in [4.78, 5) is 16.1. The third-order valence-corrected chi connectivity index (χ3v) is 2.70. The van der Waals surface area contributed by atoms with Crippen LogP contribution in [-0.2, 0) is 6.42 Å². The topological polar surface area (TPSA) is 103 Å². The second kappa shape index (κ2) is 6.74. The van der Waals surface area contributed by atoms with Crippen LogP contribution in [0.4, 0.5) is 5.69 Å². The average Bonchev–Trinajstić information content (AvgIpc) is 2.84. The van der Waals surface area contributed by atoms with Gasteiger partial charge in [0.05, 0.1) is 6.61 Å². The van der Waals surface area contributed by atoms with Crippen LogP contribution in [0, 0.1) is 6.92 Å². The predicted octanol–water partition coefficient (Wildman–Crippen LogP) is 1.33. The van der Waals surface area contributed by atoms with E-state index in [2.05, 4.69) is 15.5 Å². The fourth-order valence-electron chi connectivity index (χ4n) is 1.83. The number of hydrogen-bond acceptors (Lipinski definition) is 6. The Morgan fingerprint density at radius 1 is 1.43 bits per heavy atom. The Morgan fingerprint density at radius 3 is 2.90 bits per heavy atom. The first-order valence-corrected chi connectivity index (χ1v) is 6.69. The number of anilines is 1. The molecule has 0 atom stereocenters. The van der Waals surface area contributed by atoms with Crippen LogP contribution < -0.4 is 15.8 Å². The van der Waals surface area contributed by atoms with Crippen molar-refractivity contribution < 1.29 is 14.1 Å². The van der Waals surface area contributed by atoms with Gasteiger partial charge in [-0.05, 0) is 26.0 Å². The monoisotopic (exact) mass is 290 g/mol. The molecule has 7 heteroatoms. The predicted molar refractivity (Wildman–Crippen MR) is 77.1 cm³/mol. The Bertz CT molecular complexity index is 624. The van der Waals surface area contributed by atoms with Crippen LogP contribution in [0.5, 0.6) is 5.75 Å². The fourth-order valence-corrected chi connectivity index (χ4v) is 1.83. The second-order valence-corrected chi connectivity index (χ2v) is 4.46. The van der Waals surface area contributed by atoms with Gasteiger partial charge >= 0.3 is 0 Å². The third-order valence-electron chi connectivity index (χ3n) is 2.70. The van der Waals surface area contributed by atoms with E-state index in [1.54, 1.807) is 25.1 Å². The lowest BCUT2D eigenvalue weighted by Gasteiger charge is -2.08. The van der Waals surface area contributed by atoms with Crippen molar-refractivity contribution in [1.29, 1.82) is 0 Å². The molecule has 0 saturated heterocycles.